The molecule has 0 fully saturated rings. The van der Waals surface area contributed by atoms with Crippen molar-refractivity contribution < 1.29 is 14.1 Å². The van der Waals surface area contributed by atoms with Crippen LogP contribution < -0.4 is 0 Å². The first-order valence-corrected chi connectivity index (χ1v) is 4.66. The number of para-hydroxylation sites is 1. The highest BCUT2D eigenvalue weighted by Crippen LogP contribution is 2.25. The fourth-order valence-corrected chi connectivity index (χ4v) is 1.51. The highest BCUT2D eigenvalue weighted by atomic mass is 16.5. The van der Waals surface area contributed by atoms with Crippen molar-refractivity contribution in [3.8, 4) is 0 Å². The summed E-state index contributed by atoms with van der Waals surface area (Å²) >= 11 is 0. The van der Waals surface area contributed by atoms with Crippen molar-refractivity contribution in [2.24, 2.45) is 0 Å². The molecule has 1 aromatic carbocycles. The first-order chi connectivity index (χ1) is 7.24. The summed E-state index contributed by atoms with van der Waals surface area (Å²) in [7, 11) is 1.36. The van der Waals surface area contributed by atoms with Crippen LogP contribution in [0.4, 0.5) is 0 Å². The Labute approximate surface area is 86.8 Å². The molecule has 1 atom stereocenters. The molecule has 0 spiro atoms. The van der Waals surface area contributed by atoms with Gasteiger partial charge in [0.25, 0.3) is 0 Å². The Morgan fingerprint density at radius 2 is 2.20 bits per heavy atom. The number of methoxy groups -OCH3 is 1. The number of esters is 1. The zero-order valence-electron chi connectivity index (χ0n) is 8.56. The molecule has 4 nitrogen and oxygen atoms in total. The second-order valence-corrected chi connectivity index (χ2v) is 3.31. The molecule has 0 N–H and O–H groups in total. The standard InChI is InChI=1S/C11H11NO3/c1-7(11(13)14-2)10-8-5-3-4-6-9(8)15-12-10/h3-7H,1-2H3. The average Bonchev–Trinajstić information content (AvgIpc) is 2.70. The number of hydrogen-bond acceptors (Lipinski definition) is 4. The van der Waals surface area contributed by atoms with Crippen LogP contribution in [0.2, 0.25) is 0 Å². The minimum Gasteiger partial charge on any atom is -0.469 e. The van der Waals surface area contributed by atoms with E-state index in [1.54, 1.807) is 6.92 Å². The lowest BCUT2D eigenvalue weighted by Gasteiger charge is -2.04. The fraction of sp³-hybridized carbons (Fsp3) is 0.273. The van der Waals surface area contributed by atoms with Crippen LogP contribution >= 0.6 is 0 Å². The van der Waals surface area contributed by atoms with Crippen molar-refractivity contribution in [2.45, 2.75) is 12.8 Å². The Balaban J connectivity index is 2.48. The molecule has 0 saturated carbocycles. The van der Waals surface area contributed by atoms with Crippen LogP contribution in [0.15, 0.2) is 28.8 Å². The van der Waals surface area contributed by atoms with E-state index in [-0.39, 0.29) is 5.97 Å². The number of carbonyl (C=O) groups is 1. The highest BCUT2D eigenvalue weighted by molar-refractivity contribution is 5.86. The van der Waals surface area contributed by atoms with Gasteiger partial charge in [-0.25, -0.2) is 0 Å². The Kier molecular flexibility index (Phi) is 2.41. The number of rotatable bonds is 2. The molecule has 2 rings (SSSR count). The van der Waals surface area contributed by atoms with Crippen LogP contribution in [-0.4, -0.2) is 18.2 Å². The van der Waals surface area contributed by atoms with Crippen LogP contribution in [0.25, 0.3) is 11.0 Å². The Morgan fingerprint density at radius 1 is 1.47 bits per heavy atom. The van der Waals surface area contributed by atoms with Crippen molar-refractivity contribution in [1.29, 1.82) is 0 Å². The SMILES string of the molecule is COC(=O)C(C)c1noc2ccccc12. The van der Waals surface area contributed by atoms with Gasteiger partial charge in [-0.05, 0) is 19.1 Å². The van der Waals surface area contributed by atoms with E-state index in [0.29, 0.717) is 11.3 Å². The molecule has 1 aromatic heterocycles. The molecule has 0 aliphatic heterocycles. The predicted molar refractivity (Wildman–Crippen MR) is 54.4 cm³/mol. The number of benzene rings is 1. The van der Waals surface area contributed by atoms with Gasteiger partial charge < -0.3 is 9.26 Å². The van der Waals surface area contributed by atoms with Crippen molar-refractivity contribution in [3.63, 3.8) is 0 Å². The van der Waals surface area contributed by atoms with Gasteiger partial charge in [-0.3, -0.25) is 4.79 Å². The minimum atomic E-state index is -0.404. The third kappa shape index (κ3) is 1.58. The van der Waals surface area contributed by atoms with Gasteiger partial charge in [0.15, 0.2) is 5.58 Å². The van der Waals surface area contributed by atoms with Gasteiger partial charge in [-0.15, -0.1) is 0 Å². The third-order valence-corrected chi connectivity index (χ3v) is 2.37. The number of carbonyl (C=O) groups excluding carboxylic acids is 1. The summed E-state index contributed by atoms with van der Waals surface area (Å²) < 4.78 is 9.77. The molecule has 0 aliphatic carbocycles. The highest BCUT2D eigenvalue weighted by Gasteiger charge is 2.21. The van der Waals surface area contributed by atoms with Crippen LogP contribution in [0, 0.1) is 0 Å². The molecule has 0 radical (unpaired) electrons. The van der Waals surface area contributed by atoms with Gasteiger partial charge >= 0.3 is 5.97 Å². The summed E-state index contributed by atoms with van der Waals surface area (Å²) in [5.41, 5.74) is 1.31. The van der Waals surface area contributed by atoms with Gasteiger partial charge in [-0.2, -0.15) is 0 Å². The van der Waals surface area contributed by atoms with Crippen LogP contribution in [0.1, 0.15) is 18.5 Å². The van der Waals surface area contributed by atoms with E-state index in [1.807, 2.05) is 24.3 Å². The monoisotopic (exact) mass is 205 g/mol. The van der Waals surface area contributed by atoms with Crippen molar-refractivity contribution in [2.75, 3.05) is 7.11 Å². The Morgan fingerprint density at radius 3 is 2.93 bits per heavy atom. The second kappa shape index (κ2) is 3.73. The molecule has 1 heterocycles. The summed E-state index contributed by atoms with van der Waals surface area (Å²) in [5, 5.41) is 4.75. The maximum Gasteiger partial charge on any atom is 0.314 e. The smallest absolute Gasteiger partial charge is 0.314 e. The van der Waals surface area contributed by atoms with Crippen LogP contribution in [0.5, 0.6) is 0 Å². The molecular formula is C11H11NO3. The van der Waals surface area contributed by atoms with Crippen molar-refractivity contribution >= 4 is 16.9 Å². The van der Waals surface area contributed by atoms with E-state index in [9.17, 15) is 4.79 Å². The number of hydrogen-bond donors (Lipinski definition) is 0. The van der Waals surface area contributed by atoms with Gasteiger partial charge in [0.05, 0.1) is 7.11 Å². The molecule has 78 valence electrons. The number of aromatic nitrogens is 1. The first kappa shape index (κ1) is 9.71. The topological polar surface area (TPSA) is 52.3 Å². The zero-order valence-corrected chi connectivity index (χ0v) is 8.56. The largest absolute Gasteiger partial charge is 0.469 e. The quantitative estimate of drug-likeness (QED) is 0.704. The zero-order chi connectivity index (χ0) is 10.8. The Bertz CT molecular complexity index is 489. The van der Waals surface area contributed by atoms with E-state index < -0.39 is 5.92 Å². The van der Waals surface area contributed by atoms with E-state index in [1.165, 1.54) is 7.11 Å². The molecule has 0 aliphatic rings. The molecule has 0 amide bonds. The van der Waals surface area contributed by atoms with Gasteiger partial charge in [0.1, 0.15) is 11.6 Å². The van der Waals surface area contributed by atoms with Crippen molar-refractivity contribution in [3.05, 3.63) is 30.0 Å². The lowest BCUT2D eigenvalue weighted by atomic mass is 10.0. The molecular weight excluding hydrogens is 194 g/mol. The van der Waals surface area contributed by atoms with E-state index in [0.717, 1.165) is 5.39 Å². The summed E-state index contributed by atoms with van der Waals surface area (Å²) in [6.07, 6.45) is 0. The molecule has 2 aromatic rings. The Hall–Kier alpha value is -1.84. The number of ether oxygens (including phenoxy) is 1. The third-order valence-electron chi connectivity index (χ3n) is 2.37. The summed E-state index contributed by atoms with van der Waals surface area (Å²) in [6.45, 7) is 1.75. The average molecular weight is 205 g/mol. The normalized spacial score (nSPS) is 12.7. The first-order valence-electron chi connectivity index (χ1n) is 4.66. The lowest BCUT2D eigenvalue weighted by molar-refractivity contribution is -0.142. The molecule has 15 heavy (non-hydrogen) atoms. The summed E-state index contributed by atoms with van der Waals surface area (Å²) in [5.74, 6) is -0.715. The summed E-state index contributed by atoms with van der Waals surface area (Å²) in [6, 6.07) is 7.43. The van der Waals surface area contributed by atoms with Crippen LogP contribution in [-0.2, 0) is 9.53 Å². The predicted octanol–water partition coefficient (Wildman–Crippen LogP) is 2.10. The van der Waals surface area contributed by atoms with E-state index in [2.05, 4.69) is 9.89 Å². The van der Waals surface area contributed by atoms with Crippen LogP contribution in [0.3, 0.4) is 0 Å². The number of nitrogens with zero attached hydrogens (tertiary/aromatic N) is 1. The van der Waals surface area contributed by atoms with Crippen molar-refractivity contribution in [1.82, 2.24) is 5.16 Å². The minimum absolute atomic E-state index is 0.311. The summed E-state index contributed by atoms with van der Waals surface area (Å²) in [4.78, 5) is 11.3. The molecule has 4 heteroatoms. The van der Waals surface area contributed by atoms with Gasteiger partial charge in [0, 0.05) is 5.39 Å². The van der Waals surface area contributed by atoms with Gasteiger partial charge in [-0.1, -0.05) is 17.3 Å². The molecule has 1 unspecified atom stereocenters. The maximum absolute atomic E-state index is 11.3. The van der Waals surface area contributed by atoms with Gasteiger partial charge in [0.2, 0.25) is 0 Å². The van der Waals surface area contributed by atoms with E-state index >= 15 is 0 Å². The maximum atomic E-state index is 11.3. The van der Waals surface area contributed by atoms with E-state index in [4.69, 9.17) is 4.52 Å². The number of fused-ring (bicyclic) bond motifs is 1. The molecule has 0 bridgehead atoms. The second-order valence-electron chi connectivity index (χ2n) is 3.31. The lowest BCUT2D eigenvalue weighted by Crippen LogP contribution is -2.11. The molecule has 0 saturated heterocycles. The fourth-order valence-electron chi connectivity index (χ4n) is 1.51.